The number of nitrogens with zero attached hydrogens (tertiary/aromatic N) is 3. The van der Waals surface area contributed by atoms with Crippen LogP contribution in [0.15, 0.2) is 16.9 Å². The Labute approximate surface area is 190 Å². The number of aromatic nitrogens is 1. The number of likely N-dealkylation sites (tertiary alicyclic amines) is 2. The second-order valence-electron chi connectivity index (χ2n) is 10.4. The molecule has 2 amide bonds. The third kappa shape index (κ3) is 4.24. The fourth-order valence-electron chi connectivity index (χ4n) is 6.60. The van der Waals surface area contributed by atoms with Gasteiger partial charge in [0.25, 0.3) is 5.56 Å². The zero-order valence-corrected chi connectivity index (χ0v) is 19.2. The van der Waals surface area contributed by atoms with E-state index in [0.717, 1.165) is 89.1 Å². The fraction of sp³-hybridized carbons (Fsp3) is 0.720. The molecule has 32 heavy (non-hydrogen) atoms. The maximum absolute atomic E-state index is 13.0. The molecule has 3 fully saturated rings. The average molecular weight is 441 g/mol. The van der Waals surface area contributed by atoms with E-state index in [4.69, 9.17) is 0 Å². The molecule has 7 heteroatoms. The predicted octanol–water partition coefficient (Wildman–Crippen LogP) is 2.80. The first-order chi connectivity index (χ1) is 15.5. The molecule has 1 N–H and O–H groups in total. The Morgan fingerprint density at radius 3 is 2.44 bits per heavy atom. The van der Waals surface area contributed by atoms with Gasteiger partial charge in [0.05, 0.1) is 5.69 Å². The molecule has 1 aromatic heterocycles. The molecule has 1 aliphatic carbocycles. The molecule has 2 atom stereocenters. The summed E-state index contributed by atoms with van der Waals surface area (Å²) < 4.78 is 1.94. The number of anilines is 1. The van der Waals surface area contributed by atoms with Crippen LogP contribution in [0.3, 0.4) is 0 Å². The van der Waals surface area contributed by atoms with E-state index in [0.29, 0.717) is 12.0 Å². The second kappa shape index (κ2) is 9.00. The van der Waals surface area contributed by atoms with Crippen LogP contribution in [0.25, 0.3) is 0 Å². The number of fused-ring (bicyclic) bond motifs is 4. The van der Waals surface area contributed by atoms with E-state index in [1.807, 2.05) is 15.5 Å². The summed E-state index contributed by atoms with van der Waals surface area (Å²) in [7, 11) is 0. The molecule has 0 aromatic carbocycles. The molecule has 5 rings (SSSR count). The summed E-state index contributed by atoms with van der Waals surface area (Å²) in [6, 6.07) is 3.95. The standard InChI is InChI=1S/C25H36N4O3/c1-17(30)27-11-9-21(10-12-27)28-14-18-13-20(16-28)24-22(7-8-23(31)29(24)15-18)26-25(32)19-5-3-2-4-6-19/h7-8,18-21H,2-6,9-16H2,1H3,(H,26,32)/t18-,20+/m0/s1. The molecule has 2 bridgehead atoms. The minimum Gasteiger partial charge on any atom is -0.343 e. The summed E-state index contributed by atoms with van der Waals surface area (Å²) in [6.45, 7) is 6.02. The highest BCUT2D eigenvalue weighted by molar-refractivity contribution is 5.93. The van der Waals surface area contributed by atoms with Crippen LogP contribution in [0.2, 0.25) is 0 Å². The highest BCUT2D eigenvalue weighted by Crippen LogP contribution is 2.40. The number of rotatable bonds is 3. The van der Waals surface area contributed by atoms with E-state index in [9.17, 15) is 14.4 Å². The van der Waals surface area contributed by atoms with Gasteiger partial charge >= 0.3 is 0 Å². The van der Waals surface area contributed by atoms with Crippen molar-refractivity contribution in [3.63, 3.8) is 0 Å². The van der Waals surface area contributed by atoms with Gasteiger partial charge < -0.3 is 14.8 Å². The topological polar surface area (TPSA) is 74.7 Å². The summed E-state index contributed by atoms with van der Waals surface area (Å²) in [5.74, 6) is 1.13. The van der Waals surface area contributed by atoms with Crippen LogP contribution in [-0.2, 0) is 16.1 Å². The lowest BCUT2D eigenvalue weighted by Gasteiger charge is -2.48. The average Bonchev–Trinajstić information content (AvgIpc) is 2.81. The van der Waals surface area contributed by atoms with Crippen LogP contribution in [0.5, 0.6) is 0 Å². The van der Waals surface area contributed by atoms with Crippen LogP contribution in [0.4, 0.5) is 5.69 Å². The highest BCUT2D eigenvalue weighted by Gasteiger charge is 2.39. The fourth-order valence-corrected chi connectivity index (χ4v) is 6.60. The summed E-state index contributed by atoms with van der Waals surface area (Å²) in [4.78, 5) is 41.9. The third-order valence-corrected chi connectivity index (χ3v) is 8.28. The van der Waals surface area contributed by atoms with E-state index < -0.39 is 0 Å². The molecule has 3 aliphatic heterocycles. The van der Waals surface area contributed by atoms with E-state index in [1.54, 1.807) is 13.0 Å². The van der Waals surface area contributed by atoms with Crippen LogP contribution in [0, 0.1) is 11.8 Å². The number of carbonyl (C=O) groups is 2. The number of hydrogen-bond donors (Lipinski definition) is 1. The molecule has 1 saturated carbocycles. The monoisotopic (exact) mass is 440 g/mol. The molecule has 0 radical (unpaired) electrons. The van der Waals surface area contributed by atoms with E-state index >= 15 is 0 Å². The van der Waals surface area contributed by atoms with Crippen molar-refractivity contribution in [2.75, 3.05) is 31.5 Å². The highest BCUT2D eigenvalue weighted by atomic mass is 16.2. The third-order valence-electron chi connectivity index (χ3n) is 8.28. The SMILES string of the molecule is CC(=O)N1CCC(N2C[C@@H]3C[C@H](C2)c2c(NC(=O)C4CCCCC4)ccc(=O)n2C3)CC1. The molecular weight excluding hydrogens is 404 g/mol. The van der Waals surface area contributed by atoms with Crippen molar-refractivity contribution in [2.24, 2.45) is 11.8 Å². The van der Waals surface area contributed by atoms with Gasteiger partial charge in [-0.15, -0.1) is 0 Å². The number of piperidine rings is 2. The van der Waals surface area contributed by atoms with Gasteiger partial charge in [0, 0.05) is 69.3 Å². The normalized spacial score (nSPS) is 27.1. The Kier molecular flexibility index (Phi) is 6.10. The number of nitrogens with one attached hydrogen (secondary N) is 1. The van der Waals surface area contributed by atoms with Crippen molar-refractivity contribution in [3.8, 4) is 0 Å². The molecule has 0 spiro atoms. The molecule has 4 heterocycles. The first-order valence-electron chi connectivity index (χ1n) is 12.5. The minimum absolute atomic E-state index is 0.0496. The Balaban J connectivity index is 1.34. The Bertz CT molecular complexity index is 928. The molecule has 1 aromatic rings. The van der Waals surface area contributed by atoms with Crippen molar-refractivity contribution in [3.05, 3.63) is 28.2 Å². The molecule has 0 unspecified atom stereocenters. The Hall–Kier alpha value is -2.15. The number of hydrogen-bond acceptors (Lipinski definition) is 4. The van der Waals surface area contributed by atoms with Gasteiger partial charge in [0.1, 0.15) is 0 Å². The van der Waals surface area contributed by atoms with Crippen LogP contribution in [-0.4, -0.2) is 58.4 Å². The van der Waals surface area contributed by atoms with Crippen molar-refractivity contribution in [2.45, 2.75) is 76.8 Å². The largest absolute Gasteiger partial charge is 0.343 e. The number of carbonyl (C=O) groups excluding carboxylic acids is 2. The van der Waals surface area contributed by atoms with E-state index in [2.05, 4.69) is 10.2 Å². The summed E-state index contributed by atoms with van der Waals surface area (Å²) >= 11 is 0. The van der Waals surface area contributed by atoms with Gasteiger partial charge in [-0.05, 0) is 44.1 Å². The quantitative estimate of drug-likeness (QED) is 0.784. The lowest BCUT2D eigenvalue weighted by atomic mass is 9.81. The zero-order chi connectivity index (χ0) is 22.2. The Morgan fingerprint density at radius 1 is 0.969 bits per heavy atom. The second-order valence-corrected chi connectivity index (χ2v) is 10.4. The predicted molar refractivity (Wildman–Crippen MR) is 124 cm³/mol. The van der Waals surface area contributed by atoms with E-state index in [-0.39, 0.29) is 29.2 Å². The van der Waals surface area contributed by atoms with Crippen LogP contribution >= 0.6 is 0 Å². The molecule has 7 nitrogen and oxygen atoms in total. The number of pyridine rings is 1. The molecule has 2 saturated heterocycles. The lowest BCUT2D eigenvalue weighted by Crippen LogP contribution is -2.53. The zero-order valence-electron chi connectivity index (χ0n) is 19.2. The molecular formula is C25H36N4O3. The molecule has 174 valence electrons. The van der Waals surface area contributed by atoms with Crippen LogP contribution < -0.4 is 10.9 Å². The summed E-state index contributed by atoms with van der Waals surface area (Å²) in [6.07, 6.45) is 8.55. The smallest absolute Gasteiger partial charge is 0.250 e. The number of amides is 2. The van der Waals surface area contributed by atoms with Crippen molar-refractivity contribution in [1.29, 1.82) is 0 Å². The van der Waals surface area contributed by atoms with Gasteiger partial charge in [-0.3, -0.25) is 19.3 Å². The van der Waals surface area contributed by atoms with E-state index in [1.165, 1.54) is 6.42 Å². The van der Waals surface area contributed by atoms with Gasteiger partial charge in [-0.2, -0.15) is 0 Å². The van der Waals surface area contributed by atoms with Gasteiger partial charge in [-0.25, -0.2) is 0 Å². The lowest BCUT2D eigenvalue weighted by molar-refractivity contribution is -0.130. The van der Waals surface area contributed by atoms with Gasteiger partial charge in [-0.1, -0.05) is 19.3 Å². The van der Waals surface area contributed by atoms with Crippen molar-refractivity contribution in [1.82, 2.24) is 14.4 Å². The van der Waals surface area contributed by atoms with Gasteiger partial charge in [0.2, 0.25) is 11.8 Å². The first-order valence-corrected chi connectivity index (χ1v) is 12.5. The summed E-state index contributed by atoms with van der Waals surface area (Å²) in [5, 5.41) is 3.22. The van der Waals surface area contributed by atoms with Crippen molar-refractivity contribution >= 4 is 17.5 Å². The van der Waals surface area contributed by atoms with Crippen LogP contribution in [0.1, 0.15) is 69.9 Å². The first kappa shape index (κ1) is 21.7. The maximum atomic E-state index is 13.0. The van der Waals surface area contributed by atoms with Gasteiger partial charge in [0.15, 0.2) is 0 Å². The van der Waals surface area contributed by atoms with Crippen molar-refractivity contribution < 1.29 is 9.59 Å². The Morgan fingerprint density at radius 2 is 1.72 bits per heavy atom. The maximum Gasteiger partial charge on any atom is 0.250 e. The molecule has 4 aliphatic rings. The summed E-state index contributed by atoms with van der Waals surface area (Å²) in [5.41, 5.74) is 1.93. The minimum atomic E-state index is 0.0496.